The number of hydrogen-bond acceptors (Lipinski definition) is 5. The molecule has 0 unspecified atom stereocenters. The van der Waals surface area contributed by atoms with Gasteiger partial charge in [0.05, 0.1) is 5.69 Å². The van der Waals surface area contributed by atoms with Crippen LogP contribution in [0.4, 0.5) is 9.52 Å². The number of piperidine rings is 1. The van der Waals surface area contributed by atoms with Crippen molar-refractivity contribution < 1.29 is 13.6 Å². The van der Waals surface area contributed by atoms with Gasteiger partial charge in [0.1, 0.15) is 0 Å². The Labute approximate surface area is 154 Å². The zero-order chi connectivity index (χ0) is 18.1. The molecule has 26 heavy (non-hydrogen) atoms. The number of aromatic nitrogens is 1. The molecule has 1 amide bonds. The molecule has 1 aliphatic heterocycles. The van der Waals surface area contributed by atoms with Gasteiger partial charge in [-0.3, -0.25) is 15.0 Å². The van der Waals surface area contributed by atoms with Crippen molar-refractivity contribution in [2.24, 2.45) is 0 Å². The maximum atomic E-state index is 13.9. The van der Waals surface area contributed by atoms with Gasteiger partial charge in [-0.05, 0) is 38.9 Å². The number of thiazole rings is 1. The van der Waals surface area contributed by atoms with Crippen LogP contribution in [-0.4, -0.2) is 28.9 Å². The van der Waals surface area contributed by atoms with Crippen LogP contribution in [0, 0.1) is 12.7 Å². The van der Waals surface area contributed by atoms with E-state index in [0.717, 1.165) is 25.3 Å². The van der Waals surface area contributed by atoms with E-state index >= 15 is 0 Å². The first kappa shape index (κ1) is 17.2. The fraction of sp³-hybridized carbons (Fsp3) is 0.368. The number of furan rings is 1. The molecule has 0 radical (unpaired) electrons. The average molecular weight is 373 g/mol. The number of amides is 1. The molecule has 5 nitrogen and oxygen atoms in total. The molecule has 3 aromatic rings. The van der Waals surface area contributed by atoms with Gasteiger partial charge in [-0.1, -0.05) is 18.6 Å². The molecule has 4 rings (SSSR count). The van der Waals surface area contributed by atoms with Crippen molar-refractivity contribution in [1.82, 2.24) is 9.88 Å². The molecule has 0 atom stereocenters. The molecule has 0 aliphatic carbocycles. The first-order valence-corrected chi connectivity index (χ1v) is 9.65. The quantitative estimate of drug-likeness (QED) is 0.727. The summed E-state index contributed by atoms with van der Waals surface area (Å²) in [6, 6.07) is 4.67. The van der Waals surface area contributed by atoms with E-state index in [9.17, 15) is 9.18 Å². The Morgan fingerprint density at radius 3 is 2.92 bits per heavy atom. The summed E-state index contributed by atoms with van der Waals surface area (Å²) in [6.45, 7) is 4.76. The van der Waals surface area contributed by atoms with Gasteiger partial charge in [0.25, 0.3) is 5.91 Å². The molecular weight excluding hydrogens is 353 g/mol. The number of fused-ring (bicyclic) bond motifs is 1. The van der Waals surface area contributed by atoms with Gasteiger partial charge in [0.2, 0.25) is 0 Å². The summed E-state index contributed by atoms with van der Waals surface area (Å²) < 4.78 is 19.3. The Kier molecular flexibility index (Phi) is 4.74. The fourth-order valence-electron chi connectivity index (χ4n) is 3.36. The van der Waals surface area contributed by atoms with Crippen molar-refractivity contribution in [3.05, 3.63) is 46.4 Å². The van der Waals surface area contributed by atoms with Crippen LogP contribution >= 0.6 is 11.3 Å². The van der Waals surface area contributed by atoms with Crippen LogP contribution in [0.15, 0.2) is 28.0 Å². The van der Waals surface area contributed by atoms with Crippen LogP contribution in [0.5, 0.6) is 0 Å². The number of aryl methyl sites for hydroxylation is 1. The van der Waals surface area contributed by atoms with E-state index < -0.39 is 11.7 Å². The molecule has 7 heteroatoms. The highest BCUT2D eigenvalue weighted by atomic mass is 32.1. The van der Waals surface area contributed by atoms with Gasteiger partial charge in [-0.25, -0.2) is 9.37 Å². The summed E-state index contributed by atoms with van der Waals surface area (Å²) >= 11 is 1.39. The second kappa shape index (κ2) is 7.17. The monoisotopic (exact) mass is 373 g/mol. The van der Waals surface area contributed by atoms with Crippen LogP contribution in [0.1, 0.15) is 41.1 Å². The molecule has 1 saturated heterocycles. The Balaban J connectivity index is 1.48. The SMILES string of the molecule is Cc1c(C(=O)Nc2nc(CN3CCCCC3)cs2)oc2c(F)cccc12. The van der Waals surface area contributed by atoms with Crippen LogP contribution < -0.4 is 5.32 Å². The summed E-state index contributed by atoms with van der Waals surface area (Å²) in [5.41, 5.74) is 1.70. The molecule has 1 aliphatic rings. The summed E-state index contributed by atoms with van der Waals surface area (Å²) in [4.78, 5) is 19.4. The van der Waals surface area contributed by atoms with E-state index in [1.165, 1.54) is 36.7 Å². The molecule has 0 bridgehead atoms. The highest BCUT2D eigenvalue weighted by Gasteiger charge is 2.21. The number of rotatable bonds is 4. The van der Waals surface area contributed by atoms with Gasteiger partial charge < -0.3 is 4.42 Å². The number of nitrogens with one attached hydrogen (secondary N) is 1. The molecule has 1 fully saturated rings. The van der Waals surface area contributed by atoms with Crippen LogP contribution in [0.2, 0.25) is 0 Å². The number of halogens is 1. The van der Waals surface area contributed by atoms with Crippen LogP contribution in [0.25, 0.3) is 11.0 Å². The fourth-order valence-corrected chi connectivity index (χ4v) is 4.06. The van der Waals surface area contributed by atoms with Gasteiger partial charge in [0, 0.05) is 22.9 Å². The smallest absolute Gasteiger partial charge is 0.293 e. The number of carbonyl (C=O) groups is 1. The second-order valence-electron chi connectivity index (χ2n) is 6.61. The number of para-hydroxylation sites is 1. The molecule has 2 aromatic heterocycles. The Morgan fingerprint density at radius 2 is 2.15 bits per heavy atom. The maximum absolute atomic E-state index is 13.9. The largest absolute Gasteiger partial charge is 0.448 e. The molecule has 0 saturated carbocycles. The molecular formula is C19H20FN3O2S. The van der Waals surface area contributed by atoms with Gasteiger partial charge in [-0.2, -0.15) is 0 Å². The lowest BCUT2D eigenvalue weighted by molar-refractivity contribution is 0.0997. The predicted molar refractivity (Wildman–Crippen MR) is 100 cm³/mol. The number of benzene rings is 1. The lowest BCUT2D eigenvalue weighted by Gasteiger charge is -2.25. The zero-order valence-corrected chi connectivity index (χ0v) is 15.4. The zero-order valence-electron chi connectivity index (χ0n) is 14.5. The topological polar surface area (TPSA) is 58.4 Å². The Morgan fingerprint density at radius 1 is 1.35 bits per heavy atom. The third-order valence-electron chi connectivity index (χ3n) is 4.73. The highest BCUT2D eigenvalue weighted by molar-refractivity contribution is 7.13. The van der Waals surface area contributed by atoms with E-state index in [1.54, 1.807) is 19.1 Å². The number of hydrogen-bond donors (Lipinski definition) is 1. The third-order valence-corrected chi connectivity index (χ3v) is 5.53. The molecule has 0 spiro atoms. The highest BCUT2D eigenvalue weighted by Crippen LogP contribution is 2.28. The van der Waals surface area contributed by atoms with Crippen molar-refractivity contribution in [3.63, 3.8) is 0 Å². The molecule has 1 aromatic carbocycles. The normalized spacial score (nSPS) is 15.5. The van der Waals surface area contributed by atoms with Crippen LogP contribution in [-0.2, 0) is 6.54 Å². The predicted octanol–water partition coefficient (Wildman–Crippen LogP) is 4.58. The van der Waals surface area contributed by atoms with Crippen molar-refractivity contribution in [2.75, 3.05) is 18.4 Å². The van der Waals surface area contributed by atoms with Crippen molar-refractivity contribution in [2.45, 2.75) is 32.7 Å². The molecule has 136 valence electrons. The van der Waals surface area contributed by atoms with Crippen molar-refractivity contribution >= 4 is 33.3 Å². The summed E-state index contributed by atoms with van der Waals surface area (Å²) in [6.07, 6.45) is 3.76. The number of carbonyl (C=O) groups excluding carboxylic acids is 1. The first-order valence-electron chi connectivity index (χ1n) is 8.77. The Bertz CT molecular complexity index is 944. The van der Waals surface area contributed by atoms with Crippen molar-refractivity contribution in [1.29, 1.82) is 0 Å². The van der Waals surface area contributed by atoms with Crippen LogP contribution in [0.3, 0.4) is 0 Å². The average Bonchev–Trinajstić information content (AvgIpc) is 3.21. The minimum atomic E-state index is -0.470. The maximum Gasteiger partial charge on any atom is 0.293 e. The Hall–Kier alpha value is -2.25. The summed E-state index contributed by atoms with van der Waals surface area (Å²) in [5, 5.41) is 5.88. The summed E-state index contributed by atoms with van der Waals surface area (Å²) in [7, 11) is 0. The third kappa shape index (κ3) is 3.37. The van der Waals surface area contributed by atoms with E-state index in [1.807, 2.05) is 5.38 Å². The van der Waals surface area contributed by atoms with E-state index in [4.69, 9.17) is 4.42 Å². The summed E-state index contributed by atoms with van der Waals surface area (Å²) in [5.74, 6) is -0.752. The minimum Gasteiger partial charge on any atom is -0.448 e. The minimum absolute atomic E-state index is 0.111. The standard InChI is InChI=1S/C19H20FN3O2S/c1-12-14-6-5-7-15(20)17(14)25-16(12)18(24)22-19-21-13(11-26-19)10-23-8-3-2-4-9-23/h5-7,11H,2-4,8-10H2,1H3,(H,21,22,24). The van der Waals surface area contributed by atoms with Gasteiger partial charge >= 0.3 is 0 Å². The van der Waals surface area contributed by atoms with Gasteiger partial charge in [-0.15, -0.1) is 11.3 Å². The van der Waals surface area contributed by atoms with E-state index in [-0.39, 0.29) is 11.3 Å². The molecule has 3 heterocycles. The second-order valence-corrected chi connectivity index (χ2v) is 7.47. The van der Waals surface area contributed by atoms with Crippen molar-refractivity contribution in [3.8, 4) is 0 Å². The molecule has 1 N–H and O–H groups in total. The first-order chi connectivity index (χ1) is 12.6. The lowest BCUT2D eigenvalue weighted by atomic mass is 10.1. The van der Waals surface area contributed by atoms with Gasteiger partial charge in [0.15, 0.2) is 22.3 Å². The number of likely N-dealkylation sites (tertiary alicyclic amines) is 1. The van der Waals surface area contributed by atoms with E-state index in [2.05, 4.69) is 15.2 Å². The number of anilines is 1. The lowest BCUT2D eigenvalue weighted by Crippen LogP contribution is -2.29. The van der Waals surface area contributed by atoms with E-state index in [0.29, 0.717) is 16.1 Å². The number of nitrogens with zero attached hydrogens (tertiary/aromatic N) is 2.